The number of rotatable bonds is 3. The van der Waals surface area contributed by atoms with Crippen molar-refractivity contribution in [1.82, 2.24) is 9.55 Å². The van der Waals surface area contributed by atoms with Crippen LogP contribution in [-0.4, -0.2) is 9.55 Å². The van der Waals surface area contributed by atoms with Crippen molar-refractivity contribution in [2.24, 2.45) is 5.92 Å². The quantitative estimate of drug-likeness (QED) is 0.871. The highest BCUT2D eigenvalue weighted by atomic mass is 15.1. The molecule has 3 nitrogen and oxygen atoms in total. The van der Waals surface area contributed by atoms with Gasteiger partial charge in [0, 0.05) is 12.5 Å². The van der Waals surface area contributed by atoms with Crippen molar-refractivity contribution in [1.29, 1.82) is 0 Å². The van der Waals surface area contributed by atoms with Crippen molar-refractivity contribution < 1.29 is 0 Å². The van der Waals surface area contributed by atoms with Crippen molar-refractivity contribution in [3.63, 3.8) is 0 Å². The van der Waals surface area contributed by atoms with E-state index in [1.54, 1.807) is 0 Å². The summed E-state index contributed by atoms with van der Waals surface area (Å²) in [5.41, 5.74) is 7.44. The van der Waals surface area contributed by atoms with Crippen LogP contribution in [0.5, 0.6) is 0 Å². The van der Waals surface area contributed by atoms with Crippen LogP contribution in [0, 0.1) is 12.8 Å². The Labute approximate surface area is 104 Å². The van der Waals surface area contributed by atoms with E-state index in [2.05, 4.69) is 25.3 Å². The monoisotopic (exact) mass is 235 g/mol. The highest BCUT2D eigenvalue weighted by Gasteiger charge is 2.25. The van der Waals surface area contributed by atoms with Gasteiger partial charge < -0.3 is 10.3 Å². The number of anilines is 1. The van der Waals surface area contributed by atoms with Crippen molar-refractivity contribution in [3.05, 3.63) is 11.5 Å². The molecule has 2 atom stereocenters. The van der Waals surface area contributed by atoms with Gasteiger partial charge in [0.1, 0.15) is 11.6 Å². The van der Waals surface area contributed by atoms with E-state index < -0.39 is 0 Å². The molecule has 1 saturated carbocycles. The minimum Gasteiger partial charge on any atom is -0.384 e. The molecule has 1 fully saturated rings. The van der Waals surface area contributed by atoms with Gasteiger partial charge in [-0.3, -0.25) is 0 Å². The summed E-state index contributed by atoms with van der Waals surface area (Å²) in [6.45, 7) is 7.59. The number of hydrogen-bond acceptors (Lipinski definition) is 2. The Bertz CT molecular complexity index is 381. The number of aromatic nitrogens is 2. The normalized spacial score (nSPS) is 25.1. The first-order valence-corrected chi connectivity index (χ1v) is 6.96. The molecule has 0 amide bonds. The maximum absolute atomic E-state index is 6.27. The number of nitrogens with zero attached hydrogens (tertiary/aromatic N) is 2. The van der Waals surface area contributed by atoms with Crippen molar-refractivity contribution in [2.75, 3.05) is 5.73 Å². The smallest absolute Gasteiger partial charge is 0.127 e. The van der Waals surface area contributed by atoms with Gasteiger partial charge in [-0.25, -0.2) is 4.98 Å². The number of hydrogen-bond donors (Lipinski definition) is 1. The minimum absolute atomic E-state index is 0.593. The molecule has 1 aromatic rings. The molecule has 2 rings (SSSR count). The molecule has 2 N–H and O–H groups in total. The summed E-state index contributed by atoms with van der Waals surface area (Å²) in [6, 6.07) is 0. The maximum Gasteiger partial charge on any atom is 0.127 e. The predicted molar refractivity (Wildman–Crippen MR) is 72.0 cm³/mol. The van der Waals surface area contributed by atoms with Crippen LogP contribution in [0.25, 0.3) is 0 Å². The summed E-state index contributed by atoms with van der Waals surface area (Å²) in [5, 5.41) is 0. The van der Waals surface area contributed by atoms with Gasteiger partial charge in [-0.1, -0.05) is 26.7 Å². The fourth-order valence-corrected chi connectivity index (χ4v) is 3.09. The fraction of sp³-hybridized carbons (Fsp3) is 0.786. The van der Waals surface area contributed by atoms with Crippen LogP contribution < -0.4 is 5.73 Å². The summed E-state index contributed by atoms with van der Waals surface area (Å²) in [4.78, 5) is 4.72. The topological polar surface area (TPSA) is 43.8 Å². The van der Waals surface area contributed by atoms with Gasteiger partial charge >= 0.3 is 0 Å². The van der Waals surface area contributed by atoms with Gasteiger partial charge in [-0.2, -0.15) is 0 Å². The second-order valence-corrected chi connectivity index (χ2v) is 5.55. The molecule has 0 radical (unpaired) electrons. The molecule has 17 heavy (non-hydrogen) atoms. The van der Waals surface area contributed by atoms with Gasteiger partial charge in [-0.05, 0) is 32.1 Å². The van der Waals surface area contributed by atoms with Gasteiger partial charge in [-0.15, -0.1) is 0 Å². The molecule has 2 unspecified atom stereocenters. The van der Waals surface area contributed by atoms with Crippen LogP contribution in [-0.2, 0) is 6.54 Å². The summed E-state index contributed by atoms with van der Waals surface area (Å²) < 4.78 is 2.18. The highest BCUT2D eigenvalue weighted by Crippen LogP contribution is 2.37. The zero-order chi connectivity index (χ0) is 12.4. The van der Waals surface area contributed by atoms with Crippen LogP contribution in [0.15, 0.2) is 0 Å². The lowest BCUT2D eigenvalue weighted by Gasteiger charge is -2.25. The molecule has 3 heteroatoms. The lowest BCUT2D eigenvalue weighted by molar-refractivity contribution is 0.341. The third-order valence-corrected chi connectivity index (χ3v) is 4.00. The zero-order valence-corrected chi connectivity index (χ0v) is 11.4. The van der Waals surface area contributed by atoms with Crippen LogP contribution in [0.1, 0.15) is 63.4 Å². The van der Waals surface area contributed by atoms with Crippen LogP contribution in [0.4, 0.5) is 5.82 Å². The Balaban J connectivity index is 2.23. The summed E-state index contributed by atoms with van der Waals surface area (Å²) in [7, 11) is 0. The summed E-state index contributed by atoms with van der Waals surface area (Å²) in [5.74, 6) is 3.42. The number of nitrogen functional groups attached to an aromatic ring is 1. The molecular formula is C14H25N3. The third-order valence-electron chi connectivity index (χ3n) is 4.00. The molecule has 1 aliphatic carbocycles. The van der Waals surface area contributed by atoms with E-state index in [1.807, 2.05) is 0 Å². The van der Waals surface area contributed by atoms with Crippen molar-refractivity contribution >= 4 is 5.82 Å². The molecule has 0 bridgehead atoms. The highest BCUT2D eigenvalue weighted by molar-refractivity contribution is 5.40. The van der Waals surface area contributed by atoms with E-state index in [0.717, 1.165) is 30.5 Å². The third kappa shape index (κ3) is 2.48. The second kappa shape index (κ2) is 5.11. The number of aryl methyl sites for hydroxylation is 1. The number of nitrogens with two attached hydrogens (primary N) is 1. The van der Waals surface area contributed by atoms with Gasteiger partial charge in [0.15, 0.2) is 0 Å². The Kier molecular flexibility index (Phi) is 3.75. The Morgan fingerprint density at radius 1 is 1.41 bits per heavy atom. The van der Waals surface area contributed by atoms with E-state index >= 15 is 0 Å². The predicted octanol–water partition coefficient (Wildman–Crippen LogP) is 3.48. The molecule has 0 aliphatic heterocycles. The van der Waals surface area contributed by atoms with Crippen LogP contribution in [0.3, 0.4) is 0 Å². The van der Waals surface area contributed by atoms with Crippen molar-refractivity contribution in [3.8, 4) is 0 Å². The van der Waals surface area contributed by atoms with E-state index in [1.165, 1.54) is 31.4 Å². The Morgan fingerprint density at radius 2 is 2.18 bits per heavy atom. The zero-order valence-electron chi connectivity index (χ0n) is 11.4. The molecular weight excluding hydrogens is 210 g/mol. The SMILES string of the molecule is CCCn1c(C)nc(C2CCCC(C)C2)c1N. The molecule has 1 aromatic heterocycles. The first kappa shape index (κ1) is 12.5. The van der Waals surface area contributed by atoms with E-state index in [-0.39, 0.29) is 0 Å². The molecule has 96 valence electrons. The average molecular weight is 235 g/mol. The molecule has 1 aliphatic rings. The molecule has 0 aromatic carbocycles. The largest absolute Gasteiger partial charge is 0.384 e. The van der Waals surface area contributed by atoms with Gasteiger partial charge in [0.25, 0.3) is 0 Å². The summed E-state index contributed by atoms with van der Waals surface area (Å²) in [6.07, 6.45) is 6.32. The maximum atomic E-state index is 6.27. The fourth-order valence-electron chi connectivity index (χ4n) is 3.09. The van der Waals surface area contributed by atoms with E-state index in [0.29, 0.717) is 5.92 Å². The lowest BCUT2D eigenvalue weighted by atomic mass is 9.81. The van der Waals surface area contributed by atoms with Crippen LogP contribution in [0.2, 0.25) is 0 Å². The van der Waals surface area contributed by atoms with Crippen molar-refractivity contribution in [2.45, 2.75) is 65.3 Å². The Hall–Kier alpha value is -0.990. The number of imidazole rings is 1. The average Bonchev–Trinajstić information content (AvgIpc) is 2.57. The Morgan fingerprint density at radius 3 is 2.82 bits per heavy atom. The van der Waals surface area contributed by atoms with E-state index in [4.69, 9.17) is 10.7 Å². The molecule has 0 saturated heterocycles. The summed E-state index contributed by atoms with van der Waals surface area (Å²) >= 11 is 0. The minimum atomic E-state index is 0.593. The van der Waals surface area contributed by atoms with Crippen LogP contribution >= 0.6 is 0 Å². The lowest BCUT2D eigenvalue weighted by Crippen LogP contribution is -2.14. The standard InChI is InChI=1S/C14H25N3/c1-4-8-17-11(3)16-13(14(17)15)12-7-5-6-10(2)9-12/h10,12H,4-9,15H2,1-3H3. The first-order chi connectivity index (χ1) is 8.13. The first-order valence-electron chi connectivity index (χ1n) is 6.96. The van der Waals surface area contributed by atoms with Gasteiger partial charge in [0.05, 0.1) is 5.69 Å². The van der Waals surface area contributed by atoms with Gasteiger partial charge in [0.2, 0.25) is 0 Å². The van der Waals surface area contributed by atoms with E-state index in [9.17, 15) is 0 Å². The molecule has 0 spiro atoms. The second-order valence-electron chi connectivity index (χ2n) is 5.55. The molecule has 1 heterocycles.